The largest absolute Gasteiger partial charge is 0.390 e. The summed E-state index contributed by atoms with van der Waals surface area (Å²) >= 11 is 0. The maximum absolute atomic E-state index is 12.7. The van der Waals surface area contributed by atoms with E-state index in [9.17, 15) is 9.90 Å². The van der Waals surface area contributed by atoms with Gasteiger partial charge in [-0.1, -0.05) is 13.8 Å². The maximum atomic E-state index is 12.7. The van der Waals surface area contributed by atoms with Crippen molar-refractivity contribution in [2.24, 2.45) is 11.8 Å². The van der Waals surface area contributed by atoms with E-state index >= 15 is 0 Å². The van der Waals surface area contributed by atoms with Crippen LogP contribution in [-0.2, 0) is 0 Å². The molecule has 128 valence electrons. The van der Waals surface area contributed by atoms with Crippen LogP contribution in [0.3, 0.4) is 0 Å². The van der Waals surface area contributed by atoms with Crippen LogP contribution in [0.2, 0.25) is 0 Å². The van der Waals surface area contributed by atoms with Crippen LogP contribution >= 0.6 is 0 Å². The van der Waals surface area contributed by atoms with Crippen molar-refractivity contribution in [2.45, 2.75) is 46.1 Å². The summed E-state index contributed by atoms with van der Waals surface area (Å²) in [7, 11) is 0. The summed E-state index contributed by atoms with van der Waals surface area (Å²) < 4.78 is 0. The van der Waals surface area contributed by atoms with Crippen molar-refractivity contribution in [3.05, 3.63) is 18.0 Å². The quantitative estimate of drug-likeness (QED) is 0.869. The lowest BCUT2D eigenvalue weighted by molar-refractivity contribution is -0.0577. The number of hydrogen-bond acceptors (Lipinski definition) is 5. The Labute approximate surface area is 138 Å². The number of anilines is 1. The molecule has 0 aromatic carbocycles. The number of aliphatic hydroxyl groups is 1. The lowest BCUT2D eigenvalue weighted by atomic mass is 9.78. The van der Waals surface area contributed by atoms with Crippen molar-refractivity contribution in [1.82, 2.24) is 14.9 Å². The summed E-state index contributed by atoms with van der Waals surface area (Å²) in [4.78, 5) is 22.8. The summed E-state index contributed by atoms with van der Waals surface area (Å²) in [5.41, 5.74) is -0.205. The third kappa shape index (κ3) is 4.41. The van der Waals surface area contributed by atoms with E-state index in [0.717, 1.165) is 13.0 Å². The standard InChI is InChI=1S/C17H28N4O2/c1-5-18-16-19-9-13(10-20-16)15(22)21-7-6-17(4,23)14(11-21)8-12(2)3/h9-10,12,14,23H,5-8,11H2,1-4H3,(H,18,19,20)/t14-,17+/m0/s1. The fourth-order valence-corrected chi connectivity index (χ4v) is 3.07. The Balaban J connectivity index is 2.07. The van der Waals surface area contributed by atoms with Gasteiger partial charge in [-0.2, -0.15) is 0 Å². The molecule has 0 bridgehead atoms. The molecule has 2 N–H and O–H groups in total. The molecule has 1 amide bonds. The summed E-state index contributed by atoms with van der Waals surface area (Å²) in [6.45, 7) is 10.0. The van der Waals surface area contributed by atoms with Crippen LogP contribution in [0.5, 0.6) is 0 Å². The number of rotatable bonds is 5. The molecule has 1 aromatic rings. The summed E-state index contributed by atoms with van der Waals surface area (Å²) in [6.07, 6.45) is 4.65. The number of carbonyl (C=O) groups is 1. The van der Waals surface area contributed by atoms with Crippen molar-refractivity contribution in [3.63, 3.8) is 0 Å². The first-order valence-electron chi connectivity index (χ1n) is 8.41. The third-order valence-corrected chi connectivity index (χ3v) is 4.48. The second kappa shape index (κ2) is 7.25. The first-order chi connectivity index (χ1) is 10.8. The van der Waals surface area contributed by atoms with Crippen LogP contribution in [0.15, 0.2) is 12.4 Å². The fourth-order valence-electron chi connectivity index (χ4n) is 3.07. The Morgan fingerprint density at radius 2 is 2.13 bits per heavy atom. The van der Waals surface area contributed by atoms with Gasteiger partial charge in [0.2, 0.25) is 5.95 Å². The molecule has 0 unspecified atom stereocenters. The van der Waals surface area contributed by atoms with Gasteiger partial charge in [0.05, 0.1) is 11.2 Å². The molecule has 0 radical (unpaired) electrons. The number of likely N-dealkylation sites (tertiary alicyclic amines) is 1. The van der Waals surface area contributed by atoms with Crippen LogP contribution in [0.25, 0.3) is 0 Å². The molecule has 2 heterocycles. The highest BCUT2D eigenvalue weighted by molar-refractivity contribution is 5.93. The van der Waals surface area contributed by atoms with Crippen molar-refractivity contribution < 1.29 is 9.90 Å². The van der Waals surface area contributed by atoms with Gasteiger partial charge in [-0.05, 0) is 32.6 Å². The van der Waals surface area contributed by atoms with Gasteiger partial charge >= 0.3 is 0 Å². The van der Waals surface area contributed by atoms with Gasteiger partial charge < -0.3 is 15.3 Å². The number of amides is 1. The highest BCUT2D eigenvalue weighted by Gasteiger charge is 2.39. The Hall–Kier alpha value is -1.69. The molecule has 1 aliphatic heterocycles. The molecule has 0 aliphatic carbocycles. The van der Waals surface area contributed by atoms with Crippen LogP contribution < -0.4 is 5.32 Å². The number of piperidine rings is 1. The highest BCUT2D eigenvalue weighted by atomic mass is 16.3. The second-order valence-corrected chi connectivity index (χ2v) is 7.01. The molecule has 6 heteroatoms. The molecule has 23 heavy (non-hydrogen) atoms. The van der Waals surface area contributed by atoms with Gasteiger partial charge in [-0.15, -0.1) is 0 Å². The molecule has 6 nitrogen and oxygen atoms in total. The van der Waals surface area contributed by atoms with Gasteiger partial charge in [0.15, 0.2) is 0 Å². The minimum Gasteiger partial charge on any atom is -0.390 e. The molecule has 1 aromatic heterocycles. The normalized spacial score (nSPS) is 24.8. The molecule has 1 aliphatic rings. The first-order valence-corrected chi connectivity index (χ1v) is 8.41. The van der Waals surface area contributed by atoms with E-state index in [1.165, 1.54) is 0 Å². The lowest BCUT2D eigenvalue weighted by Gasteiger charge is -2.43. The predicted octanol–water partition coefficient (Wildman–Crippen LogP) is 2.17. The van der Waals surface area contributed by atoms with Gasteiger partial charge in [0.1, 0.15) is 0 Å². The minimum absolute atomic E-state index is 0.0581. The van der Waals surface area contributed by atoms with E-state index in [-0.39, 0.29) is 11.8 Å². The van der Waals surface area contributed by atoms with E-state index in [1.54, 1.807) is 12.4 Å². The van der Waals surface area contributed by atoms with Gasteiger partial charge in [-0.25, -0.2) is 9.97 Å². The van der Waals surface area contributed by atoms with Crippen LogP contribution in [-0.4, -0.2) is 51.1 Å². The molecular weight excluding hydrogens is 292 g/mol. The molecule has 1 fully saturated rings. The zero-order valence-electron chi connectivity index (χ0n) is 14.5. The summed E-state index contributed by atoms with van der Waals surface area (Å²) in [6, 6.07) is 0. The van der Waals surface area contributed by atoms with E-state index in [1.807, 2.05) is 18.7 Å². The topological polar surface area (TPSA) is 78.4 Å². The monoisotopic (exact) mass is 320 g/mol. The number of nitrogens with one attached hydrogen (secondary N) is 1. The maximum Gasteiger partial charge on any atom is 0.257 e. The first kappa shape index (κ1) is 17.7. The fraction of sp³-hybridized carbons (Fsp3) is 0.706. The Kier molecular flexibility index (Phi) is 5.57. The van der Waals surface area contributed by atoms with Crippen LogP contribution in [0, 0.1) is 11.8 Å². The van der Waals surface area contributed by atoms with E-state index in [4.69, 9.17) is 0 Å². The number of nitrogens with zero attached hydrogens (tertiary/aromatic N) is 3. The number of aromatic nitrogens is 2. The number of hydrogen-bond donors (Lipinski definition) is 2. The molecular formula is C17H28N4O2. The second-order valence-electron chi connectivity index (χ2n) is 7.01. The third-order valence-electron chi connectivity index (χ3n) is 4.48. The van der Waals surface area contributed by atoms with Crippen LogP contribution in [0.4, 0.5) is 5.95 Å². The molecule has 2 atom stereocenters. The van der Waals surface area contributed by atoms with Gasteiger partial charge in [-0.3, -0.25) is 4.79 Å². The Morgan fingerprint density at radius 3 is 2.70 bits per heavy atom. The van der Waals surface area contributed by atoms with Crippen molar-refractivity contribution in [2.75, 3.05) is 25.0 Å². The van der Waals surface area contributed by atoms with E-state index in [2.05, 4.69) is 29.1 Å². The van der Waals surface area contributed by atoms with E-state index in [0.29, 0.717) is 36.9 Å². The smallest absolute Gasteiger partial charge is 0.257 e. The Morgan fingerprint density at radius 1 is 1.48 bits per heavy atom. The molecule has 2 rings (SSSR count). The van der Waals surface area contributed by atoms with Gasteiger partial charge in [0.25, 0.3) is 5.91 Å². The van der Waals surface area contributed by atoms with Crippen molar-refractivity contribution >= 4 is 11.9 Å². The summed E-state index contributed by atoms with van der Waals surface area (Å²) in [5, 5.41) is 13.6. The molecule has 0 saturated carbocycles. The highest BCUT2D eigenvalue weighted by Crippen LogP contribution is 2.32. The average Bonchev–Trinajstić information content (AvgIpc) is 2.49. The van der Waals surface area contributed by atoms with Crippen LogP contribution in [0.1, 0.15) is 50.9 Å². The SMILES string of the molecule is CCNc1ncc(C(=O)N2CC[C@@](C)(O)[C@@H](CC(C)C)C2)cn1. The predicted molar refractivity (Wildman–Crippen MR) is 90.3 cm³/mol. The van der Waals surface area contributed by atoms with Crippen molar-refractivity contribution in [1.29, 1.82) is 0 Å². The Bertz CT molecular complexity index is 528. The van der Waals surface area contributed by atoms with E-state index < -0.39 is 5.60 Å². The number of carbonyl (C=O) groups excluding carboxylic acids is 1. The summed E-state index contributed by atoms with van der Waals surface area (Å²) in [5.74, 6) is 1.06. The molecule has 0 spiro atoms. The minimum atomic E-state index is -0.702. The zero-order valence-corrected chi connectivity index (χ0v) is 14.5. The van der Waals surface area contributed by atoms with Crippen molar-refractivity contribution in [3.8, 4) is 0 Å². The average molecular weight is 320 g/mol. The zero-order chi connectivity index (χ0) is 17.0. The van der Waals surface area contributed by atoms with Gasteiger partial charge in [0, 0.05) is 37.9 Å². The lowest BCUT2D eigenvalue weighted by Crippen LogP contribution is -2.52. The molecule has 1 saturated heterocycles.